The summed E-state index contributed by atoms with van der Waals surface area (Å²) < 4.78 is 33.7. The summed E-state index contributed by atoms with van der Waals surface area (Å²) in [5, 5.41) is 0. The van der Waals surface area contributed by atoms with Gasteiger partial charge in [0.15, 0.2) is 6.10 Å². The van der Waals surface area contributed by atoms with Gasteiger partial charge in [0.05, 0.1) is 27.7 Å². The second-order valence-corrected chi connectivity index (χ2v) is 16.4. The highest BCUT2D eigenvalue weighted by atomic mass is 31.2. The SMILES string of the molecule is CC/C=C/C/C=C/C/C=C/C/C=C/C/C=C/C/C=C/CCC(=O)OC[C@@H](COP(=O)([O-])OCC[N+](C)(C)C)OC(=O)CCCCC/C=C/CCCCCCCC. The van der Waals surface area contributed by atoms with Crippen LogP contribution < -0.4 is 4.89 Å². The summed E-state index contributed by atoms with van der Waals surface area (Å²) in [5.74, 6) is -0.961. The van der Waals surface area contributed by atoms with Crippen molar-refractivity contribution in [2.75, 3.05) is 47.5 Å². The van der Waals surface area contributed by atoms with Crippen LogP contribution in [0.3, 0.4) is 0 Å². The third kappa shape index (κ3) is 40.8. The van der Waals surface area contributed by atoms with Crippen LogP contribution in [0.15, 0.2) is 85.1 Å². The number of ether oxygens (including phenoxy) is 2. The molecule has 0 spiro atoms. The van der Waals surface area contributed by atoms with E-state index in [1.165, 1.54) is 38.5 Å². The van der Waals surface area contributed by atoms with E-state index in [9.17, 15) is 19.0 Å². The Morgan fingerprint density at radius 1 is 0.571 bits per heavy atom. The molecule has 0 amide bonds. The molecule has 10 heteroatoms. The number of phosphoric ester groups is 1. The number of unbranched alkanes of at least 4 members (excludes halogenated alkanes) is 9. The lowest BCUT2D eigenvalue weighted by atomic mass is 10.1. The van der Waals surface area contributed by atoms with Gasteiger partial charge in [0.25, 0.3) is 7.82 Å². The fraction of sp³-hybridized carbons (Fsp3) is 0.652. The molecule has 0 aliphatic heterocycles. The van der Waals surface area contributed by atoms with Gasteiger partial charge in [-0.25, -0.2) is 0 Å². The monoisotopic (exact) mass is 804 g/mol. The Kier molecular flexibility index (Phi) is 35.9. The van der Waals surface area contributed by atoms with Gasteiger partial charge >= 0.3 is 11.9 Å². The lowest BCUT2D eigenvalue weighted by Gasteiger charge is -2.28. The minimum Gasteiger partial charge on any atom is -0.756 e. The average Bonchev–Trinajstić information content (AvgIpc) is 3.15. The van der Waals surface area contributed by atoms with E-state index in [2.05, 4.69) is 86.8 Å². The van der Waals surface area contributed by atoms with Gasteiger partial charge in [-0.05, 0) is 77.0 Å². The molecule has 0 aliphatic rings. The van der Waals surface area contributed by atoms with E-state index >= 15 is 0 Å². The summed E-state index contributed by atoms with van der Waals surface area (Å²) in [5.41, 5.74) is 0. The molecule has 0 aromatic rings. The highest BCUT2D eigenvalue weighted by Gasteiger charge is 2.21. The first kappa shape index (κ1) is 53.2. The van der Waals surface area contributed by atoms with Crippen LogP contribution in [0.1, 0.15) is 142 Å². The molecule has 0 heterocycles. The van der Waals surface area contributed by atoms with Gasteiger partial charge in [-0.3, -0.25) is 14.2 Å². The molecule has 1 unspecified atom stereocenters. The van der Waals surface area contributed by atoms with E-state index < -0.39 is 32.5 Å². The summed E-state index contributed by atoms with van der Waals surface area (Å²) >= 11 is 0. The maximum atomic E-state index is 12.6. The molecule has 0 bridgehead atoms. The van der Waals surface area contributed by atoms with Gasteiger partial charge in [0.2, 0.25) is 0 Å². The number of quaternary nitrogens is 1. The Morgan fingerprint density at radius 3 is 1.59 bits per heavy atom. The van der Waals surface area contributed by atoms with Gasteiger partial charge < -0.3 is 27.9 Å². The average molecular weight is 804 g/mol. The molecule has 0 aromatic carbocycles. The van der Waals surface area contributed by atoms with E-state index in [0.29, 0.717) is 23.9 Å². The second-order valence-electron chi connectivity index (χ2n) is 15.0. The summed E-state index contributed by atoms with van der Waals surface area (Å²) in [6.45, 7) is 3.97. The first-order chi connectivity index (χ1) is 27.0. The number of allylic oxidation sites excluding steroid dienone is 14. The first-order valence-corrected chi connectivity index (χ1v) is 22.8. The minimum atomic E-state index is -4.65. The number of rotatable bonds is 37. The molecule has 2 atom stereocenters. The molecule has 0 saturated carbocycles. The third-order valence-corrected chi connectivity index (χ3v) is 9.38. The highest BCUT2D eigenvalue weighted by molar-refractivity contribution is 7.45. The van der Waals surface area contributed by atoms with Crippen LogP contribution in [0.2, 0.25) is 0 Å². The Balaban J connectivity index is 4.53. The molecule has 0 aromatic heterocycles. The van der Waals surface area contributed by atoms with E-state index in [1.54, 1.807) is 0 Å². The van der Waals surface area contributed by atoms with Gasteiger partial charge in [0.1, 0.15) is 19.8 Å². The van der Waals surface area contributed by atoms with E-state index in [-0.39, 0.29) is 26.1 Å². The number of nitrogens with zero attached hydrogens (tertiary/aromatic N) is 1. The van der Waals surface area contributed by atoms with Crippen molar-refractivity contribution in [3.8, 4) is 0 Å². The molecule has 0 saturated heterocycles. The Hall–Kier alpha value is -2.81. The van der Waals surface area contributed by atoms with Crippen molar-refractivity contribution in [2.24, 2.45) is 0 Å². The van der Waals surface area contributed by atoms with Crippen molar-refractivity contribution in [3.05, 3.63) is 85.1 Å². The Morgan fingerprint density at radius 2 is 1.05 bits per heavy atom. The van der Waals surface area contributed by atoms with Crippen molar-refractivity contribution in [1.82, 2.24) is 0 Å². The number of likely N-dealkylation sites (N-methyl/N-ethyl adjacent to an activating group) is 1. The lowest BCUT2D eigenvalue weighted by molar-refractivity contribution is -0.870. The second kappa shape index (κ2) is 37.7. The van der Waals surface area contributed by atoms with Gasteiger partial charge in [-0.1, -0.05) is 137 Å². The van der Waals surface area contributed by atoms with E-state index in [0.717, 1.165) is 64.2 Å². The van der Waals surface area contributed by atoms with Crippen molar-refractivity contribution in [3.63, 3.8) is 0 Å². The van der Waals surface area contributed by atoms with Gasteiger partial charge in [-0.2, -0.15) is 0 Å². The minimum absolute atomic E-state index is 0.0491. The summed E-state index contributed by atoms with van der Waals surface area (Å²) in [7, 11) is 1.10. The fourth-order valence-electron chi connectivity index (χ4n) is 5.08. The van der Waals surface area contributed by atoms with Crippen molar-refractivity contribution < 1.29 is 42.1 Å². The normalized spacial score (nSPS) is 14.5. The zero-order chi connectivity index (χ0) is 41.4. The van der Waals surface area contributed by atoms with Crippen molar-refractivity contribution in [1.29, 1.82) is 0 Å². The quantitative estimate of drug-likeness (QED) is 0.0201. The van der Waals surface area contributed by atoms with Crippen LogP contribution in [0.5, 0.6) is 0 Å². The Labute approximate surface area is 341 Å². The summed E-state index contributed by atoms with van der Waals surface area (Å²) in [6, 6.07) is 0. The van der Waals surface area contributed by atoms with E-state index in [1.807, 2.05) is 33.3 Å². The van der Waals surface area contributed by atoms with Crippen LogP contribution in [0, 0.1) is 0 Å². The molecule has 0 aliphatic carbocycles. The zero-order valence-corrected chi connectivity index (χ0v) is 36.7. The maximum absolute atomic E-state index is 12.6. The number of carbonyl (C=O) groups is 2. The highest BCUT2D eigenvalue weighted by Crippen LogP contribution is 2.38. The molecular formula is C46H78NO8P. The lowest BCUT2D eigenvalue weighted by Crippen LogP contribution is -2.37. The zero-order valence-electron chi connectivity index (χ0n) is 35.8. The molecule has 0 radical (unpaired) electrons. The molecule has 56 heavy (non-hydrogen) atoms. The largest absolute Gasteiger partial charge is 0.756 e. The van der Waals surface area contributed by atoms with E-state index in [4.69, 9.17) is 18.5 Å². The molecule has 0 rings (SSSR count). The number of esters is 2. The molecule has 320 valence electrons. The summed E-state index contributed by atoms with van der Waals surface area (Å²) in [6.07, 6.45) is 47.7. The topological polar surface area (TPSA) is 111 Å². The van der Waals surface area contributed by atoms with Crippen LogP contribution in [0.4, 0.5) is 0 Å². The molecular weight excluding hydrogens is 725 g/mol. The summed E-state index contributed by atoms with van der Waals surface area (Å²) in [4.78, 5) is 37.4. The predicted octanol–water partition coefficient (Wildman–Crippen LogP) is 11.4. The predicted molar refractivity (Wildman–Crippen MR) is 231 cm³/mol. The maximum Gasteiger partial charge on any atom is 0.306 e. The number of hydrogen-bond acceptors (Lipinski definition) is 8. The smallest absolute Gasteiger partial charge is 0.306 e. The number of hydrogen-bond donors (Lipinski definition) is 0. The fourth-order valence-corrected chi connectivity index (χ4v) is 5.81. The standard InChI is InChI=1S/C46H78NO8P/c1-6-8-10-12-14-16-18-20-21-22-23-24-25-27-28-30-32-34-36-38-45(48)52-42-44(43-54-56(50,51)53-41-40-47(3,4)5)55-46(49)39-37-35-33-31-29-26-19-17-15-13-11-9-7-2/h8,10,14,16,20-21,23-24,26-29,32,34,44H,6-7,9,11-13,15,17-19,22,25,30-31,33,35-43H2,1-5H3/b10-8+,16-14+,21-20+,24-23+,28-27+,29-26+,34-32+/t44-/m0/s1. The van der Waals surface area contributed by atoms with Gasteiger partial charge in [-0.15, -0.1) is 0 Å². The third-order valence-electron chi connectivity index (χ3n) is 8.41. The van der Waals surface area contributed by atoms with Crippen LogP contribution >= 0.6 is 7.82 Å². The van der Waals surface area contributed by atoms with Crippen molar-refractivity contribution >= 4 is 19.8 Å². The van der Waals surface area contributed by atoms with Gasteiger partial charge in [0, 0.05) is 12.8 Å². The number of carbonyl (C=O) groups excluding carboxylic acids is 2. The van der Waals surface area contributed by atoms with Crippen LogP contribution in [0.25, 0.3) is 0 Å². The Bertz CT molecular complexity index is 1230. The molecule has 0 N–H and O–H groups in total. The van der Waals surface area contributed by atoms with Crippen LogP contribution in [-0.2, 0) is 32.7 Å². The first-order valence-electron chi connectivity index (χ1n) is 21.3. The molecule has 9 nitrogen and oxygen atoms in total. The van der Waals surface area contributed by atoms with Crippen molar-refractivity contribution in [2.45, 2.75) is 148 Å². The molecule has 0 fully saturated rings. The van der Waals surface area contributed by atoms with Crippen LogP contribution in [-0.4, -0.2) is 70.0 Å². The number of phosphoric acid groups is 1.